The van der Waals surface area contributed by atoms with E-state index in [4.69, 9.17) is 10.8 Å². The van der Waals surface area contributed by atoms with E-state index in [0.717, 1.165) is 15.6 Å². The van der Waals surface area contributed by atoms with Crippen LogP contribution in [0.3, 0.4) is 0 Å². The van der Waals surface area contributed by atoms with Gasteiger partial charge in [0.25, 0.3) is 0 Å². The Morgan fingerprint density at radius 3 is 2.64 bits per heavy atom. The van der Waals surface area contributed by atoms with E-state index in [1.807, 2.05) is 32.0 Å². The average molecular weight is 258 g/mol. The lowest BCUT2D eigenvalue weighted by Gasteiger charge is -2.27. The first-order chi connectivity index (χ1) is 6.49. The molecular weight excluding hydrogens is 242 g/mol. The third-order valence-corrected chi connectivity index (χ3v) is 3.09. The summed E-state index contributed by atoms with van der Waals surface area (Å²) in [6.07, 6.45) is 0.566. The zero-order valence-corrected chi connectivity index (χ0v) is 10.1. The van der Waals surface area contributed by atoms with Gasteiger partial charge in [-0.05, 0) is 37.5 Å². The molecule has 3 N–H and O–H groups in total. The summed E-state index contributed by atoms with van der Waals surface area (Å²) in [4.78, 5) is 0. The average Bonchev–Trinajstić information content (AvgIpc) is 2.02. The Balaban J connectivity index is 3.17. The van der Waals surface area contributed by atoms with Crippen LogP contribution in [0.2, 0.25) is 0 Å². The molecule has 0 spiro atoms. The molecular formula is C11H16BrNO. The molecule has 1 aromatic carbocycles. The van der Waals surface area contributed by atoms with Crippen molar-refractivity contribution in [2.24, 2.45) is 5.73 Å². The Hall–Kier alpha value is -0.380. The van der Waals surface area contributed by atoms with E-state index in [1.54, 1.807) is 0 Å². The molecule has 0 unspecified atom stereocenters. The van der Waals surface area contributed by atoms with Crippen molar-refractivity contribution >= 4 is 15.9 Å². The lowest BCUT2D eigenvalue weighted by molar-refractivity contribution is 0.246. The van der Waals surface area contributed by atoms with E-state index in [0.29, 0.717) is 6.42 Å². The molecule has 2 nitrogen and oxygen atoms in total. The summed E-state index contributed by atoms with van der Waals surface area (Å²) in [7, 11) is 0. The zero-order valence-electron chi connectivity index (χ0n) is 8.55. The summed E-state index contributed by atoms with van der Waals surface area (Å²) in [6.45, 7) is 4.08. The van der Waals surface area contributed by atoms with E-state index in [1.165, 1.54) is 0 Å². The minimum absolute atomic E-state index is 0.105. The van der Waals surface area contributed by atoms with Crippen LogP contribution >= 0.6 is 15.9 Å². The van der Waals surface area contributed by atoms with Crippen LogP contribution in [0.5, 0.6) is 0 Å². The highest BCUT2D eigenvalue weighted by atomic mass is 79.9. The summed E-state index contributed by atoms with van der Waals surface area (Å²) in [5, 5.41) is 8.95. The van der Waals surface area contributed by atoms with Gasteiger partial charge < -0.3 is 10.8 Å². The van der Waals surface area contributed by atoms with Crippen molar-refractivity contribution in [1.29, 1.82) is 0 Å². The minimum atomic E-state index is -0.473. The van der Waals surface area contributed by atoms with Crippen LogP contribution in [-0.4, -0.2) is 11.7 Å². The van der Waals surface area contributed by atoms with Crippen LogP contribution in [0.4, 0.5) is 0 Å². The Labute approximate surface area is 93.3 Å². The normalized spacial score (nSPS) is 15.2. The first-order valence-electron chi connectivity index (χ1n) is 4.64. The van der Waals surface area contributed by atoms with Gasteiger partial charge in [0.15, 0.2) is 0 Å². The Kier molecular flexibility index (Phi) is 3.70. The molecule has 1 rings (SSSR count). The fourth-order valence-electron chi connectivity index (χ4n) is 1.71. The Morgan fingerprint density at radius 2 is 2.14 bits per heavy atom. The molecule has 1 atom stereocenters. The quantitative estimate of drug-likeness (QED) is 0.873. The van der Waals surface area contributed by atoms with Crippen molar-refractivity contribution < 1.29 is 5.11 Å². The summed E-state index contributed by atoms with van der Waals surface area (Å²) >= 11 is 3.49. The van der Waals surface area contributed by atoms with Crippen molar-refractivity contribution in [3.05, 3.63) is 33.8 Å². The number of rotatable bonds is 3. The van der Waals surface area contributed by atoms with Crippen LogP contribution in [-0.2, 0) is 5.54 Å². The summed E-state index contributed by atoms with van der Waals surface area (Å²) in [5.41, 5.74) is 7.92. The number of nitrogens with two attached hydrogens (primary N) is 1. The molecule has 0 bridgehead atoms. The lowest BCUT2D eigenvalue weighted by atomic mass is 9.87. The standard InChI is InChI=1S/C11H16BrNO/c1-8-4-3-5-9(12)10(8)11(2,13)6-7-14/h3-5,14H,6-7,13H2,1-2H3/t11-/m0/s1. The third-order valence-electron chi connectivity index (χ3n) is 2.42. The largest absolute Gasteiger partial charge is 0.396 e. The van der Waals surface area contributed by atoms with Crippen molar-refractivity contribution in [2.45, 2.75) is 25.8 Å². The van der Waals surface area contributed by atoms with Gasteiger partial charge in [-0.2, -0.15) is 0 Å². The third kappa shape index (κ3) is 2.35. The maximum Gasteiger partial charge on any atom is 0.0451 e. The van der Waals surface area contributed by atoms with Crippen molar-refractivity contribution in [3.8, 4) is 0 Å². The molecule has 0 aromatic heterocycles. The molecule has 0 saturated carbocycles. The van der Waals surface area contributed by atoms with Crippen molar-refractivity contribution in [1.82, 2.24) is 0 Å². The highest BCUT2D eigenvalue weighted by molar-refractivity contribution is 9.10. The Morgan fingerprint density at radius 1 is 1.50 bits per heavy atom. The van der Waals surface area contributed by atoms with Crippen LogP contribution in [0, 0.1) is 6.92 Å². The van der Waals surface area contributed by atoms with Gasteiger partial charge in [0.05, 0.1) is 0 Å². The maximum atomic E-state index is 8.95. The fourth-order valence-corrected chi connectivity index (χ4v) is 2.63. The monoisotopic (exact) mass is 257 g/mol. The van der Waals surface area contributed by atoms with Gasteiger partial charge >= 0.3 is 0 Å². The molecule has 0 aliphatic carbocycles. The van der Waals surface area contributed by atoms with Crippen LogP contribution in [0.1, 0.15) is 24.5 Å². The van der Waals surface area contributed by atoms with Gasteiger partial charge in [0.2, 0.25) is 0 Å². The second-order valence-electron chi connectivity index (χ2n) is 3.82. The molecule has 0 saturated heterocycles. The predicted molar refractivity (Wildman–Crippen MR) is 62.1 cm³/mol. The lowest BCUT2D eigenvalue weighted by Crippen LogP contribution is -2.35. The topological polar surface area (TPSA) is 46.2 Å². The van der Waals surface area contributed by atoms with Gasteiger partial charge in [0, 0.05) is 16.6 Å². The smallest absolute Gasteiger partial charge is 0.0451 e. The van der Waals surface area contributed by atoms with E-state index in [-0.39, 0.29) is 6.61 Å². The molecule has 0 heterocycles. The Bertz CT molecular complexity index is 303. The van der Waals surface area contributed by atoms with E-state index in [2.05, 4.69) is 15.9 Å². The van der Waals surface area contributed by atoms with Crippen LogP contribution < -0.4 is 5.73 Å². The SMILES string of the molecule is Cc1cccc(Br)c1[C@@](C)(N)CCO. The number of halogens is 1. The molecule has 3 heteroatoms. The van der Waals surface area contributed by atoms with Gasteiger partial charge in [-0.3, -0.25) is 0 Å². The van der Waals surface area contributed by atoms with Crippen LogP contribution in [0.25, 0.3) is 0 Å². The minimum Gasteiger partial charge on any atom is -0.396 e. The molecule has 14 heavy (non-hydrogen) atoms. The van der Waals surface area contributed by atoms with E-state index >= 15 is 0 Å². The fraction of sp³-hybridized carbons (Fsp3) is 0.455. The van der Waals surface area contributed by atoms with Gasteiger partial charge in [-0.25, -0.2) is 0 Å². The molecule has 0 radical (unpaired) electrons. The number of benzene rings is 1. The summed E-state index contributed by atoms with van der Waals surface area (Å²) < 4.78 is 1.01. The molecule has 0 aliphatic rings. The van der Waals surface area contributed by atoms with E-state index < -0.39 is 5.54 Å². The van der Waals surface area contributed by atoms with Gasteiger partial charge in [0.1, 0.15) is 0 Å². The highest BCUT2D eigenvalue weighted by Gasteiger charge is 2.24. The number of hydrogen-bond donors (Lipinski definition) is 2. The molecule has 0 amide bonds. The number of aryl methyl sites for hydroxylation is 1. The molecule has 78 valence electrons. The first-order valence-corrected chi connectivity index (χ1v) is 5.43. The second-order valence-corrected chi connectivity index (χ2v) is 4.68. The first kappa shape index (κ1) is 11.7. The summed E-state index contributed by atoms with van der Waals surface area (Å²) in [6, 6.07) is 5.99. The second kappa shape index (κ2) is 4.43. The predicted octanol–water partition coefficient (Wildman–Crippen LogP) is 2.31. The summed E-state index contributed by atoms with van der Waals surface area (Å²) in [5.74, 6) is 0. The number of aliphatic hydroxyl groups is 1. The molecule has 0 fully saturated rings. The molecule has 1 aromatic rings. The highest BCUT2D eigenvalue weighted by Crippen LogP contribution is 2.31. The maximum absolute atomic E-state index is 8.95. The van der Waals surface area contributed by atoms with Gasteiger partial charge in [-0.1, -0.05) is 28.1 Å². The van der Waals surface area contributed by atoms with Gasteiger partial charge in [-0.15, -0.1) is 0 Å². The molecule has 0 aliphatic heterocycles. The number of hydrogen-bond acceptors (Lipinski definition) is 2. The van der Waals surface area contributed by atoms with Crippen molar-refractivity contribution in [2.75, 3.05) is 6.61 Å². The number of aliphatic hydroxyl groups excluding tert-OH is 1. The van der Waals surface area contributed by atoms with Crippen LogP contribution in [0.15, 0.2) is 22.7 Å². The van der Waals surface area contributed by atoms with Crippen molar-refractivity contribution in [3.63, 3.8) is 0 Å². The zero-order chi connectivity index (χ0) is 10.8. The van der Waals surface area contributed by atoms with E-state index in [9.17, 15) is 0 Å².